The average Bonchev–Trinajstić information content (AvgIpc) is 2.99. The van der Waals surface area contributed by atoms with Crippen LogP contribution >= 0.6 is 0 Å². The summed E-state index contributed by atoms with van der Waals surface area (Å²) in [6.07, 6.45) is 0. The van der Waals surface area contributed by atoms with E-state index in [2.05, 4.69) is 10.3 Å². The summed E-state index contributed by atoms with van der Waals surface area (Å²) in [7, 11) is 0. The molecule has 0 saturated carbocycles. The van der Waals surface area contributed by atoms with E-state index in [1.807, 2.05) is 54.6 Å². The maximum absolute atomic E-state index is 13.2. The van der Waals surface area contributed by atoms with Crippen molar-refractivity contribution in [2.24, 2.45) is 0 Å². The van der Waals surface area contributed by atoms with Gasteiger partial charge in [-0.25, -0.2) is 4.39 Å². The first-order valence-electron chi connectivity index (χ1n) is 7.42. The van der Waals surface area contributed by atoms with Crippen LogP contribution in [0.1, 0.15) is 0 Å². The Hall–Kier alpha value is -3.34. The summed E-state index contributed by atoms with van der Waals surface area (Å²) in [5.74, 6) is 1.15. The molecule has 1 N–H and O–H groups in total. The zero-order chi connectivity index (χ0) is 16.4. The smallest absolute Gasteiger partial charge is 0.300 e. The lowest BCUT2D eigenvalue weighted by Crippen LogP contribution is -1.90. The van der Waals surface area contributed by atoms with Crippen molar-refractivity contribution in [3.05, 3.63) is 78.6 Å². The predicted molar refractivity (Wildman–Crippen MR) is 90.2 cm³/mol. The van der Waals surface area contributed by atoms with Crippen LogP contribution in [0.2, 0.25) is 0 Å². The predicted octanol–water partition coefficient (Wildman–Crippen LogP) is 5.50. The van der Waals surface area contributed by atoms with Gasteiger partial charge in [-0.05, 0) is 48.5 Å². The number of aromatic nitrogens is 1. The van der Waals surface area contributed by atoms with Gasteiger partial charge in [0.1, 0.15) is 22.8 Å². The third-order valence-corrected chi connectivity index (χ3v) is 3.43. The van der Waals surface area contributed by atoms with Gasteiger partial charge >= 0.3 is 0 Å². The third-order valence-electron chi connectivity index (χ3n) is 3.43. The van der Waals surface area contributed by atoms with Crippen molar-refractivity contribution in [1.29, 1.82) is 0 Å². The van der Waals surface area contributed by atoms with Gasteiger partial charge in [0.15, 0.2) is 5.58 Å². The molecule has 4 nitrogen and oxygen atoms in total. The summed E-state index contributed by atoms with van der Waals surface area (Å²) in [6, 6.07) is 21.5. The van der Waals surface area contributed by atoms with E-state index in [0.29, 0.717) is 17.1 Å². The van der Waals surface area contributed by atoms with Crippen LogP contribution in [0.4, 0.5) is 16.1 Å². The molecule has 0 atom stereocenters. The minimum absolute atomic E-state index is 0.312. The molecule has 0 unspecified atom stereocenters. The molecule has 0 spiro atoms. The Labute approximate surface area is 137 Å². The van der Waals surface area contributed by atoms with E-state index in [9.17, 15) is 4.39 Å². The number of hydrogen-bond donors (Lipinski definition) is 1. The van der Waals surface area contributed by atoms with E-state index in [1.165, 1.54) is 12.1 Å². The van der Waals surface area contributed by atoms with Crippen LogP contribution in [0.5, 0.6) is 11.5 Å². The molecule has 1 heterocycles. The van der Waals surface area contributed by atoms with Crippen molar-refractivity contribution in [1.82, 2.24) is 4.98 Å². The summed E-state index contributed by atoms with van der Waals surface area (Å²) in [5.41, 5.74) is 1.80. The lowest BCUT2D eigenvalue weighted by atomic mass is 10.3. The van der Waals surface area contributed by atoms with Crippen LogP contribution in [0, 0.1) is 5.82 Å². The fourth-order valence-corrected chi connectivity index (χ4v) is 2.31. The van der Waals surface area contributed by atoms with Crippen molar-refractivity contribution >= 4 is 22.8 Å². The molecule has 4 aromatic rings. The fraction of sp³-hybridized carbons (Fsp3) is 0. The number of rotatable bonds is 4. The first-order chi connectivity index (χ1) is 11.8. The summed E-state index contributed by atoms with van der Waals surface area (Å²) in [4.78, 5) is 4.26. The van der Waals surface area contributed by atoms with Crippen molar-refractivity contribution in [3.8, 4) is 11.5 Å². The van der Waals surface area contributed by atoms with Gasteiger partial charge in [-0.1, -0.05) is 18.2 Å². The molecule has 0 aliphatic heterocycles. The Bertz CT molecular complexity index is 966. The summed E-state index contributed by atoms with van der Waals surface area (Å²) < 4.78 is 24.4. The topological polar surface area (TPSA) is 47.3 Å². The van der Waals surface area contributed by atoms with Gasteiger partial charge in [-0.3, -0.25) is 0 Å². The molecule has 0 fully saturated rings. The Kier molecular flexibility index (Phi) is 3.59. The molecule has 0 amide bonds. The van der Waals surface area contributed by atoms with Gasteiger partial charge in [0, 0.05) is 11.8 Å². The van der Waals surface area contributed by atoms with E-state index in [4.69, 9.17) is 9.15 Å². The first-order valence-corrected chi connectivity index (χ1v) is 7.42. The number of fused-ring (bicyclic) bond motifs is 1. The van der Waals surface area contributed by atoms with Crippen molar-refractivity contribution in [3.63, 3.8) is 0 Å². The van der Waals surface area contributed by atoms with Gasteiger partial charge in [0.25, 0.3) is 6.01 Å². The van der Waals surface area contributed by atoms with Crippen LogP contribution in [0.3, 0.4) is 0 Å². The molecule has 0 radical (unpaired) electrons. The summed E-state index contributed by atoms with van der Waals surface area (Å²) in [6.45, 7) is 0. The Morgan fingerprint density at radius 2 is 1.62 bits per heavy atom. The number of hydrogen-bond acceptors (Lipinski definition) is 4. The highest BCUT2D eigenvalue weighted by Crippen LogP contribution is 2.26. The second-order valence-electron chi connectivity index (χ2n) is 5.20. The van der Waals surface area contributed by atoms with Crippen LogP contribution in [0.15, 0.2) is 77.2 Å². The number of ether oxygens (including phenoxy) is 1. The van der Waals surface area contributed by atoms with Crippen LogP contribution in [-0.2, 0) is 0 Å². The lowest BCUT2D eigenvalue weighted by molar-refractivity contribution is 0.483. The molecule has 3 aromatic carbocycles. The number of anilines is 2. The lowest BCUT2D eigenvalue weighted by Gasteiger charge is -2.06. The van der Waals surface area contributed by atoms with Crippen LogP contribution < -0.4 is 10.1 Å². The third kappa shape index (κ3) is 3.05. The van der Waals surface area contributed by atoms with E-state index >= 15 is 0 Å². The highest BCUT2D eigenvalue weighted by Gasteiger charge is 2.07. The van der Waals surface area contributed by atoms with Gasteiger partial charge in [-0.2, -0.15) is 4.98 Å². The summed E-state index contributed by atoms with van der Waals surface area (Å²) in [5, 5.41) is 3.05. The quantitative estimate of drug-likeness (QED) is 0.539. The van der Waals surface area contributed by atoms with E-state index in [1.54, 1.807) is 6.07 Å². The van der Waals surface area contributed by atoms with Gasteiger partial charge in [0.2, 0.25) is 0 Å². The van der Waals surface area contributed by atoms with Gasteiger partial charge in [-0.15, -0.1) is 0 Å². The minimum Gasteiger partial charge on any atom is -0.457 e. The maximum atomic E-state index is 13.2. The molecule has 24 heavy (non-hydrogen) atoms. The van der Waals surface area contributed by atoms with Crippen LogP contribution in [0.25, 0.3) is 11.1 Å². The van der Waals surface area contributed by atoms with E-state index < -0.39 is 0 Å². The molecule has 0 bridgehead atoms. The van der Waals surface area contributed by atoms with Gasteiger partial charge in [0.05, 0.1) is 0 Å². The summed E-state index contributed by atoms with van der Waals surface area (Å²) >= 11 is 0. The molecular weight excluding hydrogens is 307 g/mol. The van der Waals surface area contributed by atoms with Crippen molar-refractivity contribution in [2.45, 2.75) is 0 Å². The average molecular weight is 320 g/mol. The zero-order valence-corrected chi connectivity index (χ0v) is 12.6. The monoisotopic (exact) mass is 320 g/mol. The van der Waals surface area contributed by atoms with E-state index in [-0.39, 0.29) is 5.82 Å². The minimum atomic E-state index is -0.354. The first kappa shape index (κ1) is 14.3. The number of halogens is 1. The number of benzene rings is 3. The molecule has 0 aliphatic rings. The standard InChI is InChI=1S/C19H13FN2O2/c20-13-6-11-17-18(12-13)24-19(22-17)21-14-7-9-16(10-8-14)23-15-4-2-1-3-5-15/h1-12H,(H,21,22). The van der Waals surface area contributed by atoms with Gasteiger partial charge < -0.3 is 14.5 Å². The molecular formula is C19H13FN2O2. The number of nitrogens with one attached hydrogen (secondary N) is 1. The SMILES string of the molecule is Fc1ccc2nc(Nc3ccc(Oc4ccccc4)cc3)oc2c1. The Morgan fingerprint density at radius 3 is 2.42 bits per heavy atom. The normalized spacial score (nSPS) is 10.7. The highest BCUT2D eigenvalue weighted by atomic mass is 19.1. The van der Waals surface area contributed by atoms with Crippen molar-refractivity contribution < 1.29 is 13.5 Å². The number of nitrogens with zero attached hydrogens (tertiary/aromatic N) is 1. The molecule has 5 heteroatoms. The highest BCUT2D eigenvalue weighted by molar-refractivity contribution is 5.75. The van der Waals surface area contributed by atoms with E-state index in [0.717, 1.165) is 17.2 Å². The maximum Gasteiger partial charge on any atom is 0.300 e. The fourth-order valence-electron chi connectivity index (χ4n) is 2.31. The second kappa shape index (κ2) is 6.04. The Morgan fingerprint density at radius 1 is 0.875 bits per heavy atom. The largest absolute Gasteiger partial charge is 0.457 e. The molecule has 0 saturated heterocycles. The Balaban J connectivity index is 1.50. The second-order valence-corrected chi connectivity index (χ2v) is 5.20. The van der Waals surface area contributed by atoms with Crippen molar-refractivity contribution in [2.75, 3.05) is 5.32 Å². The van der Waals surface area contributed by atoms with Crippen LogP contribution in [-0.4, -0.2) is 4.98 Å². The molecule has 4 rings (SSSR count). The molecule has 1 aromatic heterocycles. The molecule has 118 valence electrons. The zero-order valence-electron chi connectivity index (χ0n) is 12.6. The molecule has 0 aliphatic carbocycles. The number of para-hydroxylation sites is 1. The number of oxazole rings is 1.